The van der Waals surface area contributed by atoms with Crippen molar-refractivity contribution < 1.29 is 4.74 Å². The molecule has 0 amide bonds. The molecule has 4 heterocycles. The second-order valence-electron chi connectivity index (χ2n) is 7.11. The lowest BCUT2D eigenvalue weighted by Crippen LogP contribution is -2.39. The molecule has 0 aliphatic carbocycles. The van der Waals surface area contributed by atoms with E-state index >= 15 is 0 Å². The normalized spacial score (nSPS) is 15.5. The maximum absolute atomic E-state index is 5.42. The van der Waals surface area contributed by atoms with Crippen molar-refractivity contribution in [2.24, 2.45) is 7.05 Å². The molecule has 0 unspecified atom stereocenters. The van der Waals surface area contributed by atoms with Gasteiger partial charge in [0.25, 0.3) is 0 Å². The second kappa shape index (κ2) is 7.21. The van der Waals surface area contributed by atoms with Gasteiger partial charge in [0.05, 0.1) is 24.8 Å². The van der Waals surface area contributed by atoms with Crippen molar-refractivity contribution in [1.82, 2.24) is 29.6 Å². The number of hydrogen-bond donors (Lipinski definition) is 2. The first-order valence-electron chi connectivity index (χ1n) is 9.57. The quantitative estimate of drug-likeness (QED) is 0.555. The minimum atomic E-state index is 0.817. The van der Waals surface area contributed by atoms with Gasteiger partial charge in [-0.05, 0) is 17.7 Å². The predicted octanol–water partition coefficient (Wildman–Crippen LogP) is 2.26. The smallest absolute Gasteiger partial charge is 0.143 e. The van der Waals surface area contributed by atoms with Crippen LogP contribution in [0.2, 0.25) is 0 Å². The summed E-state index contributed by atoms with van der Waals surface area (Å²) in [5.74, 6) is 0.868. The summed E-state index contributed by atoms with van der Waals surface area (Å²) in [4.78, 5) is 14.8. The van der Waals surface area contributed by atoms with Crippen molar-refractivity contribution in [3.8, 4) is 11.1 Å². The molecule has 5 rings (SSSR count). The van der Waals surface area contributed by atoms with Crippen LogP contribution in [-0.4, -0.2) is 69.0 Å². The SMILES string of the molecule is Cn1cc(-c2ccc3[nH]c4ncnc(NCCN5CCOCC5)c4c3c2)cn1. The molecule has 0 spiro atoms. The molecular formula is C20H23N7O. The fourth-order valence-corrected chi connectivity index (χ4v) is 3.76. The van der Waals surface area contributed by atoms with Gasteiger partial charge in [-0.15, -0.1) is 0 Å². The highest BCUT2D eigenvalue weighted by Gasteiger charge is 2.14. The number of morpholine rings is 1. The molecule has 1 aromatic carbocycles. The van der Waals surface area contributed by atoms with E-state index in [1.54, 1.807) is 6.33 Å². The highest BCUT2D eigenvalue weighted by Crippen LogP contribution is 2.32. The summed E-state index contributed by atoms with van der Waals surface area (Å²) in [5, 5.41) is 9.94. The van der Waals surface area contributed by atoms with Crippen molar-refractivity contribution in [3.63, 3.8) is 0 Å². The largest absolute Gasteiger partial charge is 0.379 e. The third-order valence-corrected chi connectivity index (χ3v) is 5.25. The van der Waals surface area contributed by atoms with E-state index in [4.69, 9.17) is 4.74 Å². The van der Waals surface area contributed by atoms with Crippen LogP contribution in [0.25, 0.3) is 33.1 Å². The molecule has 1 fully saturated rings. The van der Waals surface area contributed by atoms with E-state index in [0.29, 0.717) is 0 Å². The molecule has 8 heteroatoms. The number of H-pyrrole nitrogens is 1. The summed E-state index contributed by atoms with van der Waals surface area (Å²) < 4.78 is 7.23. The average Bonchev–Trinajstić information content (AvgIpc) is 3.32. The highest BCUT2D eigenvalue weighted by atomic mass is 16.5. The molecule has 1 aliphatic heterocycles. The van der Waals surface area contributed by atoms with Gasteiger partial charge in [-0.1, -0.05) is 6.07 Å². The molecule has 3 aromatic heterocycles. The molecule has 0 atom stereocenters. The Kier molecular flexibility index (Phi) is 4.42. The Morgan fingerprint density at radius 1 is 1.18 bits per heavy atom. The summed E-state index contributed by atoms with van der Waals surface area (Å²) in [6, 6.07) is 6.38. The summed E-state index contributed by atoms with van der Waals surface area (Å²) in [7, 11) is 1.93. The number of aromatic nitrogens is 5. The number of fused-ring (bicyclic) bond motifs is 3. The van der Waals surface area contributed by atoms with Gasteiger partial charge in [0.1, 0.15) is 17.8 Å². The zero-order valence-electron chi connectivity index (χ0n) is 15.9. The third-order valence-electron chi connectivity index (χ3n) is 5.25. The van der Waals surface area contributed by atoms with Crippen LogP contribution in [0.15, 0.2) is 36.9 Å². The number of hydrogen-bond acceptors (Lipinski definition) is 6. The van der Waals surface area contributed by atoms with E-state index < -0.39 is 0 Å². The first-order chi connectivity index (χ1) is 13.8. The van der Waals surface area contributed by atoms with E-state index in [1.807, 2.05) is 24.1 Å². The van der Waals surface area contributed by atoms with Crippen LogP contribution in [0.5, 0.6) is 0 Å². The molecule has 144 valence electrons. The number of nitrogens with zero attached hydrogens (tertiary/aromatic N) is 5. The minimum Gasteiger partial charge on any atom is -0.379 e. The zero-order chi connectivity index (χ0) is 18.9. The monoisotopic (exact) mass is 377 g/mol. The van der Waals surface area contributed by atoms with Gasteiger partial charge in [-0.25, -0.2) is 9.97 Å². The zero-order valence-corrected chi connectivity index (χ0v) is 15.9. The molecule has 4 aromatic rings. The Morgan fingerprint density at radius 2 is 2.07 bits per heavy atom. The Bertz CT molecular complexity index is 1110. The molecule has 28 heavy (non-hydrogen) atoms. The Labute approximate surface area is 162 Å². The third kappa shape index (κ3) is 3.21. The van der Waals surface area contributed by atoms with Crippen LogP contribution in [-0.2, 0) is 11.8 Å². The van der Waals surface area contributed by atoms with Crippen LogP contribution < -0.4 is 5.32 Å². The number of aromatic amines is 1. The van der Waals surface area contributed by atoms with Crippen molar-refractivity contribution in [3.05, 3.63) is 36.9 Å². The predicted molar refractivity (Wildman–Crippen MR) is 109 cm³/mol. The Balaban J connectivity index is 1.46. The molecule has 0 radical (unpaired) electrons. The Morgan fingerprint density at radius 3 is 2.89 bits per heavy atom. The van der Waals surface area contributed by atoms with Gasteiger partial charge in [-0.3, -0.25) is 9.58 Å². The lowest BCUT2D eigenvalue weighted by Gasteiger charge is -2.26. The van der Waals surface area contributed by atoms with Crippen LogP contribution in [0.1, 0.15) is 0 Å². The van der Waals surface area contributed by atoms with E-state index in [0.717, 1.165) is 78.3 Å². The fourth-order valence-electron chi connectivity index (χ4n) is 3.76. The maximum atomic E-state index is 5.42. The lowest BCUT2D eigenvalue weighted by molar-refractivity contribution is 0.0398. The van der Waals surface area contributed by atoms with Crippen molar-refractivity contribution in [2.45, 2.75) is 0 Å². The number of rotatable bonds is 5. The van der Waals surface area contributed by atoms with Gasteiger partial charge in [-0.2, -0.15) is 5.10 Å². The summed E-state index contributed by atoms with van der Waals surface area (Å²) in [5.41, 5.74) is 4.13. The van der Waals surface area contributed by atoms with Crippen molar-refractivity contribution >= 4 is 27.8 Å². The van der Waals surface area contributed by atoms with Crippen LogP contribution in [0.4, 0.5) is 5.82 Å². The van der Waals surface area contributed by atoms with E-state index in [9.17, 15) is 0 Å². The van der Waals surface area contributed by atoms with Gasteiger partial charge in [0.15, 0.2) is 0 Å². The molecule has 8 nitrogen and oxygen atoms in total. The van der Waals surface area contributed by atoms with Crippen molar-refractivity contribution in [2.75, 3.05) is 44.7 Å². The summed E-state index contributed by atoms with van der Waals surface area (Å²) >= 11 is 0. The number of nitrogens with one attached hydrogen (secondary N) is 2. The standard InChI is InChI=1S/C20H23N7O/c1-26-12-15(11-24-26)14-2-3-17-16(10-14)18-19(22-13-23-20(18)25-17)21-4-5-27-6-8-28-9-7-27/h2-3,10-13H,4-9H2,1H3,(H2,21,22,23,25). The van der Waals surface area contributed by atoms with Crippen LogP contribution >= 0.6 is 0 Å². The van der Waals surface area contributed by atoms with Gasteiger partial charge < -0.3 is 15.0 Å². The van der Waals surface area contributed by atoms with E-state index in [2.05, 4.69) is 48.5 Å². The van der Waals surface area contributed by atoms with Gasteiger partial charge in [0, 0.05) is 55.9 Å². The van der Waals surface area contributed by atoms with E-state index in [1.165, 1.54) is 0 Å². The van der Waals surface area contributed by atoms with Crippen molar-refractivity contribution in [1.29, 1.82) is 0 Å². The van der Waals surface area contributed by atoms with Gasteiger partial charge >= 0.3 is 0 Å². The number of benzene rings is 1. The fraction of sp³-hybridized carbons (Fsp3) is 0.350. The lowest BCUT2D eigenvalue weighted by atomic mass is 10.1. The molecule has 0 saturated carbocycles. The minimum absolute atomic E-state index is 0.817. The second-order valence-corrected chi connectivity index (χ2v) is 7.11. The maximum Gasteiger partial charge on any atom is 0.143 e. The Hall–Kier alpha value is -2.97. The van der Waals surface area contributed by atoms with Gasteiger partial charge in [0.2, 0.25) is 0 Å². The van der Waals surface area contributed by atoms with Crippen LogP contribution in [0.3, 0.4) is 0 Å². The number of ether oxygens (including phenoxy) is 1. The molecule has 0 bridgehead atoms. The molecule has 1 saturated heterocycles. The highest BCUT2D eigenvalue weighted by molar-refractivity contribution is 6.12. The molecule has 2 N–H and O–H groups in total. The number of aryl methyl sites for hydroxylation is 1. The molecule has 1 aliphatic rings. The summed E-state index contributed by atoms with van der Waals surface area (Å²) in [6.45, 7) is 5.42. The van der Waals surface area contributed by atoms with E-state index in [-0.39, 0.29) is 0 Å². The first-order valence-corrected chi connectivity index (χ1v) is 9.57. The average molecular weight is 377 g/mol. The topological polar surface area (TPSA) is 83.9 Å². The van der Waals surface area contributed by atoms with Crippen LogP contribution in [0, 0.1) is 0 Å². The molecular weight excluding hydrogens is 354 g/mol. The first kappa shape index (κ1) is 17.2. The number of anilines is 1. The summed E-state index contributed by atoms with van der Waals surface area (Å²) in [6.07, 6.45) is 5.51.